The predicted octanol–water partition coefficient (Wildman–Crippen LogP) is 5.18. The molecule has 1 aliphatic rings. The summed E-state index contributed by atoms with van der Waals surface area (Å²) in [4.78, 5) is 20.6. The van der Waals surface area contributed by atoms with E-state index in [0.717, 1.165) is 31.5 Å². The van der Waals surface area contributed by atoms with E-state index >= 15 is 0 Å². The Morgan fingerprint density at radius 2 is 2.15 bits per heavy atom. The lowest BCUT2D eigenvalue weighted by molar-refractivity contribution is 0.688. The first-order valence-corrected chi connectivity index (χ1v) is 9.38. The molecule has 2 aromatic rings. The van der Waals surface area contributed by atoms with Crippen molar-refractivity contribution in [2.45, 2.75) is 31.6 Å². The highest BCUT2D eigenvalue weighted by Crippen LogP contribution is 2.38. The highest BCUT2D eigenvalue weighted by atomic mass is 127. The first-order chi connectivity index (χ1) is 9.56. The van der Waals surface area contributed by atoms with Gasteiger partial charge in [0.2, 0.25) is 0 Å². The van der Waals surface area contributed by atoms with E-state index in [1.54, 1.807) is 0 Å². The monoisotopic (exact) mass is 484 g/mol. The van der Waals surface area contributed by atoms with Gasteiger partial charge in [-0.1, -0.05) is 24.4 Å². The molecule has 2 aromatic heterocycles. The molecule has 106 valence electrons. The Kier molecular flexibility index (Phi) is 4.54. The normalized spacial score (nSPS) is 15.9. The van der Waals surface area contributed by atoms with Crippen molar-refractivity contribution in [3.63, 3.8) is 0 Å². The molecule has 20 heavy (non-hydrogen) atoms. The molecule has 1 aliphatic carbocycles. The zero-order valence-electron chi connectivity index (χ0n) is 10.4. The number of nitrogens with one attached hydrogen (secondary N) is 1. The minimum absolute atomic E-state index is 0.0573. The summed E-state index contributed by atoms with van der Waals surface area (Å²) in [6.07, 6.45) is 4.70. The average molecular weight is 486 g/mol. The highest BCUT2D eigenvalue weighted by Gasteiger charge is 2.23. The maximum Gasteiger partial charge on any atom is 0.264 e. The Labute approximate surface area is 147 Å². The van der Waals surface area contributed by atoms with Gasteiger partial charge >= 0.3 is 0 Å². The highest BCUT2D eigenvalue weighted by molar-refractivity contribution is 14.1. The van der Waals surface area contributed by atoms with Gasteiger partial charge in [0.05, 0.1) is 10.6 Å². The molecule has 1 fully saturated rings. The molecular weight excluding hydrogens is 474 g/mol. The fourth-order valence-electron chi connectivity index (χ4n) is 2.53. The second kappa shape index (κ2) is 6.06. The Morgan fingerprint density at radius 3 is 2.75 bits per heavy atom. The number of thiophene rings is 1. The van der Waals surface area contributed by atoms with Gasteiger partial charge in [0.25, 0.3) is 5.56 Å². The van der Waals surface area contributed by atoms with Gasteiger partial charge in [0.15, 0.2) is 5.82 Å². The van der Waals surface area contributed by atoms with E-state index in [1.807, 2.05) is 6.07 Å². The second-order valence-corrected chi connectivity index (χ2v) is 8.41. The summed E-state index contributed by atoms with van der Waals surface area (Å²) >= 11 is 13.0. The number of H-pyrrole nitrogens is 1. The topological polar surface area (TPSA) is 45.8 Å². The number of hydrogen-bond acceptors (Lipinski definition) is 3. The SMILES string of the molecule is O=c1[nH]c(-c2cc(Br)c(Cl)s2)nc(C2CCCC2)c1I. The Hall–Kier alpha value is 0.0800. The summed E-state index contributed by atoms with van der Waals surface area (Å²) < 4.78 is 2.23. The first kappa shape index (κ1) is 15.0. The molecule has 0 atom stereocenters. The largest absolute Gasteiger partial charge is 0.305 e. The van der Waals surface area contributed by atoms with Gasteiger partial charge in [-0.2, -0.15) is 0 Å². The van der Waals surface area contributed by atoms with Gasteiger partial charge in [-0.25, -0.2) is 4.98 Å². The number of aromatic amines is 1. The van der Waals surface area contributed by atoms with Crippen molar-refractivity contribution in [3.8, 4) is 10.7 Å². The van der Waals surface area contributed by atoms with E-state index in [1.165, 1.54) is 24.2 Å². The molecule has 0 aromatic carbocycles. The maximum absolute atomic E-state index is 12.1. The van der Waals surface area contributed by atoms with Crippen molar-refractivity contribution in [2.75, 3.05) is 0 Å². The number of hydrogen-bond donors (Lipinski definition) is 1. The average Bonchev–Trinajstić information content (AvgIpc) is 3.04. The van der Waals surface area contributed by atoms with Crippen molar-refractivity contribution in [3.05, 3.63) is 34.5 Å². The minimum atomic E-state index is -0.0573. The van der Waals surface area contributed by atoms with Gasteiger partial charge in [-0.15, -0.1) is 11.3 Å². The zero-order chi connectivity index (χ0) is 14.3. The third-order valence-electron chi connectivity index (χ3n) is 3.51. The van der Waals surface area contributed by atoms with Crippen molar-refractivity contribution in [1.29, 1.82) is 0 Å². The van der Waals surface area contributed by atoms with Gasteiger partial charge in [-0.05, 0) is 57.4 Å². The fraction of sp³-hybridized carbons (Fsp3) is 0.385. The molecule has 0 saturated heterocycles. The maximum atomic E-state index is 12.1. The third kappa shape index (κ3) is 2.84. The summed E-state index contributed by atoms with van der Waals surface area (Å²) in [6, 6.07) is 1.90. The van der Waals surface area contributed by atoms with Gasteiger partial charge in [0, 0.05) is 10.4 Å². The van der Waals surface area contributed by atoms with Crippen molar-refractivity contribution < 1.29 is 0 Å². The van der Waals surface area contributed by atoms with E-state index in [9.17, 15) is 4.79 Å². The molecule has 3 rings (SSSR count). The number of halogens is 3. The molecule has 3 nitrogen and oxygen atoms in total. The third-order valence-corrected chi connectivity index (χ3v) is 7.03. The number of nitrogens with zero attached hydrogens (tertiary/aromatic N) is 1. The molecule has 7 heteroatoms. The molecule has 1 N–H and O–H groups in total. The van der Waals surface area contributed by atoms with E-state index in [-0.39, 0.29) is 5.56 Å². The van der Waals surface area contributed by atoms with Crippen molar-refractivity contribution in [1.82, 2.24) is 9.97 Å². The molecule has 0 spiro atoms. The van der Waals surface area contributed by atoms with Crippen LogP contribution in [0.5, 0.6) is 0 Å². The summed E-state index contributed by atoms with van der Waals surface area (Å²) in [5, 5.41) is 0. The Bertz CT molecular complexity index is 689. The van der Waals surface area contributed by atoms with Crippen LogP contribution in [0.2, 0.25) is 4.34 Å². The van der Waals surface area contributed by atoms with Crippen LogP contribution >= 0.6 is 61.5 Å². The van der Waals surface area contributed by atoms with E-state index < -0.39 is 0 Å². The van der Waals surface area contributed by atoms with Crippen LogP contribution in [0.4, 0.5) is 0 Å². The lowest BCUT2D eigenvalue weighted by atomic mass is 10.0. The van der Waals surface area contributed by atoms with Gasteiger partial charge < -0.3 is 4.98 Å². The molecule has 0 bridgehead atoms. The van der Waals surface area contributed by atoms with Crippen LogP contribution in [0.25, 0.3) is 10.7 Å². The van der Waals surface area contributed by atoms with Crippen LogP contribution in [0.1, 0.15) is 37.3 Å². The van der Waals surface area contributed by atoms with Crippen LogP contribution in [-0.4, -0.2) is 9.97 Å². The number of aromatic nitrogens is 2. The quantitative estimate of drug-likeness (QED) is 0.596. The Morgan fingerprint density at radius 1 is 1.45 bits per heavy atom. The van der Waals surface area contributed by atoms with E-state index in [0.29, 0.717) is 16.1 Å². The van der Waals surface area contributed by atoms with Gasteiger partial charge in [0.1, 0.15) is 7.91 Å². The standard InChI is InChI=1S/C13H11BrClIN2OS/c14-7-5-8(20-11(7)15)12-17-10(6-3-1-2-4-6)9(16)13(19)18-12/h5-6H,1-4H2,(H,17,18,19). The van der Waals surface area contributed by atoms with E-state index in [4.69, 9.17) is 16.6 Å². The molecular formula is C13H11BrClIN2OS. The van der Waals surface area contributed by atoms with Crippen LogP contribution < -0.4 is 5.56 Å². The smallest absolute Gasteiger partial charge is 0.264 e. The van der Waals surface area contributed by atoms with Crippen molar-refractivity contribution in [2.24, 2.45) is 0 Å². The van der Waals surface area contributed by atoms with Crippen LogP contribution in [-0.2, 0) is 0 Å². The van der Waals surface area contributed by atoms with Gasteiger partial charge in [-0.3, -0.25) is 4.79 Å². The summed E-state index contributed by atoms with van der Waals surface area (Å²) in [6.45, 7) is 0. The Balaban J connectivity index is 2.10. The molecule has 0 unspecified atom stereocenters. The lowest BCUT2D eigenvalue weighted by Crippen LogP contribution is -2.17. The molecule has 0 amide bonds. The lowest BCUT2D eigenvalue weighted by Gasteiger charge is -2.11. The van der Waals surface area contributed by atoms with Crippen molar-refractivity contribution >= 4 is 61.5 Å². The fourth-order valence-corrected chi connectivity index (χ4v) is 4.87. The van der Waals surface area contributed by atoms with Crippen LogP contribution in [0.15, 0.2) is 15.3 Å². The zero-order valence-corrected chi connectivity index (χ0v) is 15.7. The van der Waals surface area contributed by atoms with Crippen LogP contribution in [0.3, 0.4) is 0 Å². The summed E-state index contributed by atoms with van der Waals surface area (Å²) in [5.41, 5.74) is 0.889. The molecule has 1 saturated carbocycles. The summed E-state index contributed by atoms with van der Waals surface area (Å²) in [5.74, 6) is 1.04. The second-order valence-electron chi connectivity index (χ2n) is 4.83. The molecule has 0 radical (unpaired) electrons. The molecule has 0 aliphatic heterocycles. The van der Waals surface area contributed by atoms with E-state index in [2.05, 4.69) is 43.5 Å². The minimum Gasteiger partial charge on any atom is -0.305 e. The predicted molar refractivity (Wildman–Crippen MR) is 94.8 cm³/mol. The first-order valence-electron chi connectivity index (χ1n) is 6.31. The number of rotatable bonds is 2. The van der Waals surface area contributed by atoms with Crippen LogP contribution in [0, 0.1) is 3.57 Å². The molecule has 2 heterocycles. The summed E-state index contributed by atoms with van der Waals surface area (Å²) in [7, 11) is 0.